The Kier molecular flexibility index (Phi) is 6.94. The zero-order valence-electron chi connectivity index (χ0n) is 18.6. The lowest BCUT2D eigenvalue weighted by molar-refractivity contribution is -0.133. The zero-order chi connectivity index (χ0) is 22.7. The first-order valence-corrected chi connectivity index (χ1v) is 11.8. The molecule has 1 saturated heterocycles. The third kappa shape index (κ3) is 5.04. The number of hydrogen-bond donors (Lipinski definition) is 3. The lowest BCUT2D eigenvalue weighted by Gasteiger charge is -2.40. The molecule has 2 unspecified atom stereocenters. The number of halogens is 1. The summed E-state index contributed by atoms with van der Waals surface area (Å²) in [5.41, 5.74) is 4.02. The molecule has 7 heteroatoms. The Hall–Kier alpha value is -2.67. The van der Waals surface area contributed by atoms with Gasteiger partial charge in [-0.05, 0) is 49.7 Å². The second kappa shape index (κ2) is 9.86. The molecule has 0 aliphatic carbocycles. The van der Waals surface area contributed by atoms with Crippen molar-refractivity contribution in [2.75, 3.05) is 25.0 Å². The third-order valence-electron chi connectivity index (χ3n) is 6.05. The molecule has 2 aliphatic rings. The van der Waals surface area contributed by atoms with E-state index in [1.165, 1.54) is 17.7 Å². The van der Waals surface area contributed by atoms with Gasteiger partial charge in [-0.25, -0.2) is 4.39 Å². The van der Waals surface area contributed by atoms with Crippen LogP contribution in [0.25, 0.3) is 5.70 Å². The Bertz CT molecular complexity index is 976. The van der Waals surface area contributed by atoms with Crippen LogP contribution in [0.4, 0.5) is 10.1 Å². The van der Waals surface area contributed by atoms with Crippen LogP contribution in [0.15, 0.2) is 54.4 Å². The highest BCUT2D eigenvalue weighted by molar-refractivity contribution is 7.81. The number of aryl methyl sites for hydroxylation is 1. The number of hydrogen-bond acceptors (Lipinski definition) is 5. The number of rotatable bonds is 7. The summed E-state index contributed by atoms with van der Waals surface area (Å²) in [7, 11) is 0. The molecule has 0 saturated carbocycles. The molecule has 5 nitrogen and oxygen atoms in total. The van der Waals surface area contributed by atoms with Crippen molar-refractivity contribution in [3.63, 3.8) is 0 Å². The third-order valence-corrected chi connectivity index (χ3v) is 6.49. The first-order valence-electron chi connectivity index (χ1n) is 11.3. The standard InChI is InChI=1S/C25H31FN4OS/c1-3-4-21(32)15-23(31)29-13-14-30-22(16-29)28-24(18-7-9-19(26)10-8-18)25(30)27-20-11-5-17(2)6-12-20/h5-12,21-22,27-28,32H,3-4,13-16H2,1-2H3. The summed E-state index contributed by atoms with van der Waals surface area (Å²) >= 11 is 4.57. The maximum atomic E-state index is 13.5. The molecule has 0 radical (unpaired) electrons. The molecule has 4 rings (SSSR count). The molecule has 1 amide bonds. The predicted molar refractivity (Wildman–Crippen MR) is 131 cm³/mol. The van der Waals surface area contributed by atoms with E-state index >= 15 is 0 Å². The van der Waals surface area contributed by atoms with Crippen molar-refractivity contribution in [3.8, 4) is 0 Å². The highest BCUT2D eigenvalue weighted by Gasteiger charge is 2.37. The van der Waals surface area contributed by atoms with Gasteiger partial charge in [0.05, 0.1) is 12.2 Å². The Labute approximate surface area is 195 Å². The first kappa shape index (κ1) is 22.5. The van der Waals surface area contributed by atoms with E-state index in [1.807, 2.05) is 4.90 Å². The molecule has 32 heavy (non-hydrogen) atoms. The summed E-state index contributed by atoms with van der Waals surface area (Å²) < 4.78 is 13.5. The van der Waals surface area contributed by atoms with E-state index in [0.717, 1.165) is 35.6 Å². The quantitative estimate of drug-likeness (QED) is 0.542. The number of piperazine rings is 1. The van der Waals surface area contributed by atoms with Crippen LogP contribution in [-0.2, 0) is 4.79 Å². The lowest BCUT2D eigenvalue weighted by atomic mass is 10.1. The predicted octanol–water partition coefficient (Wildman–Crippen LogP) is 4.43. The number of nitrogens with one attached hydrogen (secondary N) is 2. The van der Waals surface area contributed by atoms with Crippen LogP contribution in [0.2, 0.25) is 0 Å². The summed E-state index contributed by atoms with van der Waals surface area (Å²) in [6.45, 7) is 6.15. The molecule has 2 aromatic rings. The van der Waals surface area contributed by atoms with E-state index < -0.39 is 0 Å². The van der Waals surface area contributed by atoms with Gasteiger partial charge in [-0.3, -0.25) is 4.79 Å². The number of amides is 1. The zero-order valence-corrected chi connectivity index (χ0v) is 19.5. The van der Waals surface area contributed by atoms with Crippen LogP contribution in [0.1, 0.15) is 37.3 Å². The number of anilines is 1. The number of thiol groups is 1. The highest BCUT2D eigenvalue weighted by atomic mass is 32.1. The van der Waals surface area contributed by atoms with Crippen molar-refractivity contribution in [3.05, 3.63) is 71.3 Å². The van der Waals surface area contributed by atoms with Gasteiger partial charge in [-0.15, -0.1) is 0 Å². The Morgan fingerprint density at radius 1 is 1.19 bits per heavy atom. The maximum Gasteiger partial charge on any atom is 0.223 e. The van der Waals surface area contributed by atoms with E-state index in [4.69, 9.17) is 0 Å². The van der Waals surface area contributed by atoms with Crippen molar-refractivity contribution in [2.45, 2.75) is 44.5 Å². The number of carbonyl (C=O) groups excluding carboxylic acids is 1. The minimum absolute atomic E-state index is 0.0368. The number of benzene rings is 2. The minimum Gasteiger partial charge on any atom is -0.360 e. The summed E-state index contributed by atoms with van der Waals surface area (Å²) in [6, 6.07) is 14.8. The topological polar surface area (TPSA) is 47.6 Å². The van der Waals surface area contributed by atoms with Gasteiger partial charge in [0.15, 0.2) is 0 Å². The van der Waals surface area contributed by atoms with Crippen molar-refractivity contribution in [1.82, 2.24) is 15.1 Å². The van der Waals surface area contributed by atoms with Crippen molar-refractivity contribution < 1.29 is 9.18 Å². The normalized spacial score (nSPS) is 18.9. The van der Waals surface area contributed by atoms with Crippen LogP contribution < -0.4 is 10.6 Å². The maximum absolute atomic E-state index is 13.5. The Morgan fingerprint density at radius 2 is 1.91 bits per heavy atom. The molecular weight excluding hydrogens is 423 g/mol. The van der Waals surface area contributed by atoms with Gasteiger partial charge in [-0.2, -0.15) is 12.6 Å². The van der Waals surface area contributed by atoms with Crippen LogP contribution in [-0.4, -0.2) is 46.8 Å². The van der Waals surface area contributed by atoms with E-state index in [9.17, 15) is 9.18 Å². The fourth-order valence-electron chi connectivity index (χ4n) is 4.29. The summed E-state index contributed by atoms with van der Waals surface area (Å²) in [4.78, 5) is 17.0. The highest BCUT2D eigenvalue weighted by Crippen LogP contribution is 2.31. The second-order valence-electron chi connectivity index (χ2n) is 8.56. The molecular formula is C25H31FN4OS. The van der Waals surface area contributed by atoms with Crippen molar-refractivity contribution >= 4 is 29.9 Å². The second-order valence-corrected chi connectivity index (χ2v) is 9.29. The minimum atomic E-state index is -0.261. The number of carbonyl (C=O) groups is 1. The lowest BCUT2D eigenvalue weighted by Crippen LogP contribution is -2.56. The molecule has 0 spiro atoms. The van der Waals surface area contributed by atoms with Gasteiger partial charge < -0.3 is 20.4 Å². The largest absolute Gasteiger partial charge is 0.360 e. The van der Waals surface area contributed by atoms with E-state index in [2.05, 4.69) is 66.3 Å². The molecule has 2 aliphatic heterocycles. The molecule has 2 heterocycles. The van der Waals surface area contributed by atoms with E-state index in [1.54, 1.807) is 12.1 Å². The molecule has 170 valence electrons. The monoisotopic (exact) mass is 454 g/mol. The molecule has 2 aromatic carbocycles. The van der Waals surface area contributed by atoms with Gasteiger partial charge in [0.2, 0.25) is 5.91 Å². The van der Waals surface area contributed by atoms with Gasteiger partial charge >= 0.3 is 0 Å². The average Bonchev–Trinajstić information content (AvgIpc) is 3.13. The Morgan fingerprint density at radius 3 is 2.59 bits per heavy atom. The van der Waals surface area contributed by atoms with E-state index in [-0.39, 0.29) is 23.1 Å². The van der Waals surface area contributed by atoms with Gasteiger partial charge in [0.1, 0.15) is 17.8 Å². The van der Waals surface area contributed by atoms with Crippen LogP contribution in [0, 0.1) is 12.7 Å². The fraction of sp³-hybridized carbons (Fsp3) is 0.400. The van der Waals surface area contributed by atoms with Gasteiger partial charge in [0, 0.05) is 36.0 Å². The Balaban J connectivity index is 1.55. The summed E-state index contributed by atoms with van der Waals surface area (Å²) in [5.74, 6) is 0.849. The van der Waals surface area contributed by atoms with Crippen molar-refractivity contribution in [2.24, 2.45) is 0 Å². The molecule has 2 N–H and O–H groups in total. The fourth-order valence-corrected chi connectivity index (χ4v) is 4.70. The number of fused-ring (bicyclic) bond motifs is 1. The van der Waals surface area contributed by atoms with Crippen LogP contribution in [0.3, 0.4) is 0 Å². The molecule has 1 fully saturated rings. The summed E-state index contributed by atoms with van der Waals surface area (Å²) in [6.07, 6.45) is 2.40. The molecule has 2 atom stereocenters. The number of nitrogens with zero attached hydrogens (tertiary/aromatic N) is 2. The smallest absolute Gasteiger partial charge is 0.223 e. The van der Waals surface area contributed by atoms with Crippen LogP contribution >= 0.6 is 12.6 Å². The van der Waals surface area contributed by atoms with Gasteiger partial charge in [0.25, 0.3) is 0 Å². The van der Waals surface area contributed by atoms with Gasteiger partial charge in [-0.1, -0.05) is 31.0 Å². The molecule has 0 bridgehead atoms. The molecule has 0 aromatic heterocycles. The summed E-state index contributed by atoms with van der Waals surface area (Å²) in [5, 5.41) is 7.24. The average molecular weight is 455 g/mol. The SMILES string of the molecule is CCCC(S)CC(=O)N1CCN2C(Nc3ccc(C)cc3)=C(c3ccc(F)cc3)NC2C1. The van der Waals surface area contributed by atoms with Crippen molar-refractivity contribution in [1.29, 1.82) is 0 Å². The van der Waals surface area contributed by atoms with Crippen LogP contribution in [0.5, 0.6) is 0 Å². The first-order chi connectivity index (χ1) is 15.4. The van der Waals surface area contributed by atoms with E-state index in [0.29, 0.717) is 26.1 Å².